The van der Waals surface area contributed by atoms with Crippen LogP contribution in [0, 0.1) is 5.92 Å². The summed E-state index contributed by atoms with van der Waals surface area (Å²) in [5, 5.41) is 9.81. The van der Waals surface area contributed by atoms with Gasteiger partial charge in [0.05, 0.1) is 10.7 Å². The molecule has 1 unspecified atom stereocenters. The summed E-state index contributed by atoms with van der Waals surface area (Å²) < 4.78 is 0. The molecule has 1 aromatic heterocycles. The van der Waals surface area contributed by atoms with E-state index in [-0.39, 0.29) is 5.91 Å². The van der Waals surface area contributed by atoms with Gasteiger partial charge in [0.15, 0.2) is 0 Å². The third-order valence-corrected chi connectivity index (χ3v) is 6.12. The van der Waals surface area contributed by atoms with Gasteiger partial charge in [0, 0.05) is 30.7 Å². The summed E-state index contributed by atoms with van der Waals surface area (Å²) in [6.07, 6.45) is 10.5. The maximum atomic E-state index is 11.9. The zero-order valence-corrected chi connectivity index (χ0v) is 14.8. The van der Waals surface area contributed by atoms with Crippen LogP contribution < -0.4 is 10.6 Å². The molecule has 23 heavy (non-hydrogen) atoms. The van der Waals surface area contributed by atoms with Gasteiger partial charge in [-0.25, -0.2) is 4.98 Å². The van der Waals surface area contributed by atoms with Gasteiger partial charge in [0.25, 0.3) is 0 Å². The Labute approximate surface area is 143 Å². The minimum atomic E-state index is 0.195. The first kappa shape index (κ1) is 16.9. The lowest BCUT2D eigenvalue weighted by Gasteiger charge is -2.19. The number of rotatable bonds is 7. The van der Waals surface area contributed by atoms with Gasteiger partial charge in [0.1, 0.15) is 0 Å². The molecular weight excluding hydrogens is 306 g/mol. The van der Waals surface area contributed by atoms with E-state index in [9.17, 15) is 4.79 Å². The fraction of sp³-hybridized carbons (Fsp3) is 0.778. The Morgan fingerprint density at radius 2 is 2.17 bits per heavy atom. The van der Waals surface area contributed by atoms with Crippen LogP contribution in [-0.4, -0.2) is 30.5 Å². The number of amides is 1. The van der Waals surface area contributed by atoms with Crippen molar-refractivity contribution < 1.29 is 4.79 Å². The topological polar surface area (TPSA) is 54.0 Å². The van der Waals surface area contributed by atoms with Crippen molar-refractivity contribution in [2.24, 2.45) is 5.92 Å². The van der Waals surface area contributed by atoms with Crippen molar-refractivity contribution in [2.45, 2.75) is 63.7 Å². The number of hydrogen-bond donors (Lipinski definition) is 2. The molecular formula is C18H29N3OS. The predicted molar refractivity (Wildman–Crippen MR) is 94.9 cm³/mol. The van der Waals surface area contributed by atoms with Gasteiger partial charge in [-0.2, -0.15) is 0 Å². The number of carbonyl (C=O) groups is 1. The van der Waals surface area contributed by atoms with E-state index in [1.165, 1.54) is 49.2 Å². The summed E-state index contributed by atoms with van der Waals surface area (Å²) in [6.45, 7) is 2.91. The minimum Gasteiger partial charge on any atom is -0.356 e. The van der Waals surface area contributed by atoms with Crippen LogP contribution in [0.5, 0.6) is 0 Å². The van der Waals surface area contributed by atoms with Gasteiger partial charge in [-0.3, -0.25) is 4.79 Å². The molecule has 1 saturated carbocycles. The van der Waals surface area contributed by atoms with Crippen LogP contribution in [0.25, 0.3) is 0 Å². The van der Waals surface area contributed by atoms with E-state index in [2.05, 4.69) is 16.0 Å². The van der Waals surface area contributed by atoms with Crippen molar-refractivity contribution in [2.75, 3.05) is 19.6 Å². The average Bonchev–Trinajstić information content (AvgIpc) is 3.26. The van der Waals surface area contributed by atoms with E-state index in [0.717, 1.165) is 32.5 Å². The second-order valence-electron chi connectivity index (χ2n) is 7.00. The fourth-order valence-corrected chi connectivity index (χ4v) is 4.60. The molecule has 2 aliphatic rings. The zero-order chi connectivity index (χ0) is 15.9. The number of aromatic nitrogens is 1. The molecule has 0 spiro atoms. The van der Waals surface area contributed by atoms with Crippen LogP contribution in [0.15, 0.2) is 5.38 Å². The fourth-order valence-electron chi connectivity index (χ4n) is 3.72. The Morgan fingerprint density at radius 3 is 2.96 bits per heavy atom. The largest absolute Gasteiger partial charge is 0.356 e. The summed E-state index contributed by atoms with van der Waals surface area (Å²) in [5.41, 5.74) is 1.30. The van der Waals surface area contributed by atoms with Crippen molar-refractivity contribution in [1.29, 1.82) is 0 Å². The van der Waals surface area contributed by atoms with Crippen molar-refractivity contribution in [3.05, 3.63) is 16.1 Å². The first-order valence-electron chi connectivity index (χ1n) is 9.23. The Hall–Kier alpha value is -0.940. The smallest absolute Gasteiger partial charge is 0.220 e. The normalized spacial score (nSPS) is 22.3. The van der Waals surface area contributed by atoms with Crippen LogP contribution in [0.4, 0.5) is 0 Å². The molecule has 1 saturated heterocycles. The van der Waals surface area contributed by atoms with Crippen molar-refractivity contribution >= 4 is 17.2 Å². The number of hydrogen-bond acceptors (Lipinski definition) is 4. The highest BCUT2D eigenvalue weighted by Gasteiger charge is 2.18. The molecule has 4 nitrogen and oxygen atoms in total. The molecule has 5 heteroatoms. The van der Waals surface area contributed by atoms with E-state index in [1.54, 1.807) is 11.3 Å². The third-order valence-electron chi connectivity index (χ3n) is 5.20. The Balaban J connectivity index is 1.33. The minimum absolute atomic E-state index is 0.195. The lowest BCUT2D eigenvalue weighted by molar-refractivity contribution is -0.121. The van der Waals surface area contributed by atoms with Crippen molar-refractivity contribution in [3.8, 4) is 0 Å². The quantitative estimate of drug-likeness (QED) is 0.804. The molecule has 128 valence electrons. The molecule has 1 atom stereocenters. The van der Waals surface area contributed by atoms with E-state index in [4.69, 9.17) is 4.98 Å². The molecule has 0 bridgehead atoms. The maximum Gasteiger partial charge on any atom is 0.220 e. The Kier molecular flexibility index (Phi) is 6.46. The van der Waals surface area contributed by atoms with Crippen LogP contribution in [0.1, 0.15) is 68.0 Å². The molecule has 2 N–H and O–H groups in total. The van der Waals surface area contributed by atoms with E-state index >= 15 is 0 Å². The van der Waals surface area contributed by atoms with Gasteiger partial charge >= 0.3 is 0 Å². The van der Waals surface area contributed by atoms with Gasteiger partial charge in [-0.15, -0.1) is 11.3 Å². The maximum absolute atomic E-state index is 11.9. The highest BCUT2D eigenvalue weighted by molar-refractivity contribution is 7.09. The van der Waals surface area contributed by atoms with E-state index in [1.807, 2.05) is 0 Å². The summed E-state index contributed by atoms with van der Waals surface area (Å²) in [4.78, 5) is 16.7. The number of nitrogens with zero attached hydrogens (tertiary/aromatic N) is 1. The van der Waals surface area contributed by atoms with Crippen LogP contribution >= 0.6 is 11.3 Å². The second kappa shape index (κ2) is 8.78. The molecule has 1 amide bonds. The highest BCUT2D eigenvalue weighted by atomic mass is 32.1. The number of carbonyl (C=O) groups excluding carboxylic acids is 1. The first-order chi connectivity index (χ1) is 11.3. The predicted octanol–water partition coefficient (Wildman–Crippen LogP) is 3.24. The lowest BCUT2D eigenvalue weighted by atomic mass is 9.87. The third kappa shape index (κ3) is 5.28. The monoisotopic (exact) mass is 335 g/mol. The molecule has 0 aromatic carbocycles. The van der Waals surface area contributed by atoms with E-state index in [0.29, 0.717) is 18.3 Å². The SMILES string of the molecule is O=C(CCC1CCNC1)NCCc1nc(C2CCCCC2)cs1. The van der Waals surface area contributed by atoms with Gasteiger partial charge < -0.3 is 10.6 Å². The molecule has 1 aliphatic carbocycles. The zero-order valence-electron chi connectivity index (χ0n) is 14.0. The second-order valence-corrected chi connectivity index (χ2v) is 7.94. The summed E-state index contributed by atoms with van der Waals surface area (Å²) >= 11 is 1.76. The molecule has 1 aromatic rings. The average molecular weight is 336 g/mol. The van der Waals surface area contributed by atoms with Gasteiger partial charge in [-0.05, 0) is 44.7 Å². The molecule has 2 fully saturated rings. The van der Waals surface area contributed by atoms with E-state index < -0.39 is 0 Å². The first-order valence-corrected chi connectivity index (χ1v) is 10.1. The lowest BCUT2D eigenvalue weighted by Crippen LogP contribution is -2.26. The number of thiazole rings is 1. The molecule has 1 aliphatic heterocycles. The van der Waals surface area contributed by atoms with Gasteiger partial charge in [0.2, 0.25) is 5.91 Å². The summed E-state index contributed by atoms with van der Waals surface area (Å²) in [5.74, 6) is 1.57. The summed E-state index contributed by atoms with van der Waals surface area (Å²) in [6, 6.07) is 0. The Bertz CT molecular complexity index is 490. The van der Waals surface area contributed by atoms with Crippen LogP contribution in [-0.2, 0) is 11.2 Å². The Morgan fingerprint density at radius 1 is 1.30 bits per heavy atom. The molecule has 3 rings (SSSR count). The number of nitrogens with one attached hydrogen (secondary N) is 2. The molecule has 0 radical (unpaired) electrons. The standard InChI is InChI=1S/C18H29N3OS/c22-17(7-6-14-8-10-19-12-14)20-11-9-18-21-16(13-23-18)15-4-2-1-3-5-15/h13-15,19H,1-12H2,(H,20,22). The molecule has 2 heterocycles. The van der Waals surface area contributed by atoms with Gasteiger partial charge in [-0.1, -0.05) is 19.3 Å². The van der Waals surface area contributed by atoms with Crippen molar-refractivity contribution in [1.82, 2.24) is 15.6 Å². The van der Waals surface area contributed by atoms with Crippen molar-refractivity contribution in [3.63, 3.8) is 0 Å². The van der Waals surface area contributed by atoms with Crippen LogP contribution in [0.3, 0.4) is 0 Å². The highest BCUT2D eigenvalue weighted by Crippen LogP contribution is 2.33. The summed E-state index contributed by atoms with van der Waals surface area (Å²) in [7, 11) is 0. The van der Waals surface area contributed by atoms with Crippen LogP contribution in [0.2, 0.25) is 0 Å².